The molecule has 2 amide bonds. The average Bonchev–Trinajstić information content (AvgIpc) is 3.43. The lowest BCUT2D eigenvalue weighted by atomic mass is 10.1. The van der Waals surface area contributed by atoms with Crippen molar-refractivity contribution in [3.8, 4) is 5.75 Å². The number of hydroxylamine groups is 2. The summed E-state index contributed by atoms with van der Waals surface area (Å²) in [5.74, 6) is -0.788. The van der Waals surface area contributed by atoms with Crippen LogP contribution >= 0.6 is 0 Å². The van der Waals surface area contributed by atoms with Crippen LogP contribution in [0.3, 0.4) is 0 Å². The highest BCUT2D eigenvalue weighted by molar-refractivity contribution is 6.12. The van der Waals surface area contributed by atoms with E-state index < -0.39 is 17.8 Å². The molecule has 11 nitrogen and oxygen atoms in total. The monoisotopic (exact) mass is 470 g/mol. The third-order valence-electron chi connectivity index (χ3n) is 4.93. The van der Waals surface area contributed by atoms with Gasteiger partial charge in [-0.1, -0.05) is 5.06 Å². The predicted octanol–water partition coefficient (Wildman–Crippen LogP) is 1.73. The molecule has 0 aliphatic carbocycles. The summed E-state index contributed by atoms with van der Waals surface area (Å²) in [5.41, 5.74) is 0.274. The molecule has 0 N–H and O–H groups in total. The highest BCUT2D eigenvalue weighted by Crippen LogP contribution is 2.26. The van der Waals surface area contributed by atoms with Crippen molar-refractivity contribution in [2.75, 3.05) is 19.8 Å². The van der Waals surface area contributed by atoms with Gasteiger partial charge in [0.05, 0.1) is 24.1 Å². The van der Waals surface area contributed by atoms with Crippen molar-refractivity contribution in [3.05, 3.63) is 35.7 Å². The molecule has 11 heteroatoms. The number of pyridine rings is 1. The number of carbonyl (C=O) groups is 3. The lowest BCUT2D eigenvalue weighted by Crippen LogP contribution is -2.32. The molecule has 0 saturated carbocycles. The molecule has 3 aliphatic rings. The molecule has 0 aromatic carbocycles. The molecule has 3 aliphatic heterocycles. The molecule has 0 bridgehead atoms. The standard InChI is InChI=1S/C23H26N4O7/c1-22(2)12-32-20(25-22)15-10-14(11-16(24-15)21-26-23(3,4)13-33-21)31-9-5-6-19(30)34-27-17(28)7-8-18(27)29/h7-8,10-11H,5-6,9,12-13H2,1-4H3. The Hall–Kier alpha value is -3.76. The van der Waals surface area contributed by atoms with Gasteiger partial charge in [0.15, 0.2) is 0 Å². The molecule has 0 unspecified atom stereocenters. The Kier molecular flexibility index (Phi) is 6.11. The van der Waals surface area contributed by atoms with Gasteiger partial charge in [-0.3, -0.25) is 9.59 Å². The molecule has 4 heterocycles. The first-order chi connectivity index (χ1) is 16.0. The molecule has 0 atom stereocenters. The average molecular weight is 470 g/mol. The molecule has 34 heavy (non-hydrogen) atoms. The van der Waals surface area contributed by atoms with Gasteiger partial charge in [0, 0.05) is 24.3 Å². The Labute approximate surface area is 196 Å². The molecular weight excluding hydrogens is 444 g/mol. The summed E-state index contributed by atoms with van der Waals surface area (Å²) in [6.45, 7) is 8.91. The topological polar surface area (TPSA) is 129 Å². The number of ether oxygens (including phenoxy) is 3. The van der Waals surface area contributed by atoms with Crippen LogP contribution in [0.15, 0.2) is 34.3 Å². The third-order valence-corrected chi connectivity index (χ3v) is 4.93. The minimum atomic E-state index is -0.711. The van der Waals surface area contributed by atoms with Crippen molar-refractivity contribution < 1.29 is 33.4 Å². The van der Waals surface area contributed by atoms with Gasteiger partial charge in [-0.2, -0.15) is 0 Å². The summed E-state index contributed by atoms with van der Waals surface area (Å²) in [6.07, 6.45) is 2.33. The molecule has 0 radical (unpaired) electrons. The number of hydrogen-bond donors (Lipinski definition) is 0. The van der Waals surface area contributed by atoms with Crippen LogP contribution in [0, 0.1) is 0 Å². The molecule has 1 aromatic rings. The fourth-order valence-electron chi connectivity index (χ4n) is 3.27. The second-order valence-electron chi connectivity index (χ2n) is 9.33. The van der Waals surface area contributed by atoms with E-state index in [0.29, 0.717) is 53.6 Å². The molecule has 180 valence electrons. The highest BCUT2D eigenvalue weighted by Gasteiger charge is 2.31. The van der Waals surface area contributed by atoms with Gasteiger partial charge in [-0.25, -0.2) is 19.8 Å². The van der Waals surface area contributed by atoms with Gasteiger partial charge in [0.1, 0.15) is 30.4 Å². The van der Waals surface area contributed by atoms with E-state index in [0.717, 1.165) is 12.2 Å². The summed E-state index contributed by atoms with van der Waals surface area (Å²) < 4.78 is 17.3. The van der Waals surface area contributed by atoms with Crippen molar-refractivity contribution in [3.63, 3.8) is 0 Å². The Morgan fingerprint density at radius 1 is 0.971 bits per heavy atom. The number of carbonyl (C=O) groups excluding carboxylic acids is 3. The van der Waals surface area contributed by atoms with Crippen LogP contribution in [0.25, 0.3) is 0 Å². The molecule has 0 spiro atoms. The zero-order chi connectivity index (χ0) is 24.5. The van der Waals surface area contributed by atoms with Crippen molar-refractivity contribution in [2.24, 2.45) is 9.98 Å². The van der Waals surface area contributed by atoms with Crippen LogP contribution in [0.5, 0.6) is 5.75 Å². The summed E-state index contributed by atoms with van der Waals surface area (Å²) in [4.78, 5) is 53.5. The maximum atomic E-state index is 12.0. The number of aliphatic imine (C=N–C) groups is 2. The van der Waals surface area contributed by atoms with E-state index in [2.05, 4.69) is 15.0 Å². The molecule has 0 saturated heterocycles. The van der Waals surface area contributed by atoms with Crippen LogP contribution in [0.4, 0.5) is 0 Å². The Morgan fingerprint density at radius 2 is 1.50 bits per heavy atom. The van der Waals surface area contributed by atoms with Gasteiger partial charge in [0.25, 0.3) is 11.8 Å². The van der Waals surface area contributed by atoms with Crippen LogP contribution < -0.4 is 4.74 Å². The quantitative estimate of drug-likeness (QED) is 0.415. The van der Waals surface area contributed by atoms with Gasteiger partial charge in [-0.05, 0) is 34.1 Å². The first kappa shape index (κ1) is 23.4. The van der Waals surface area contributed by atoms with E-state index in [4.69, 9.17) is 19.0 Å². The van der Waals surface area contributed by atoms with Crippen LogP contribution in [0.1, 0.15) is 51.9 Å². The number of imide groups is 1. The Balaban J connectivity index is 1.42. The predicted molar refractivity (Wildman–Crippen MR) is 119 cm³/mol. The van der Waals surface area contributed by atoms with Gasteiger partial charge in [0.2, 0.25) is 11.8 Å². The summed E-state index contributed by atoms with van der Waals surface area (Å²) in [6, 6.07) is 3.41. The van der Waals surface area contributed by atoms with Crippen LogP contribution in [-0.2, 0) is 28.7 Å². The van der Waals surface area contributed by atoms with Crippen LogP contribution in [-0.4, -0.2) is 70.5 Å². The zero-order valence-corrected chi connectivity index (χ0v) is 19.5. The van der Waals surface area contributed by atoms with Crippen molar-refractivity contribution in [2.45, 2.75) is 51.6 Å². The van der Waals surface area contributed by atoms with E-state index in [1.807, 2.05) is 27.7 Å². The fraction of sp³-hybridized carbons (Fsp3) is 0.478. The maximum Gasteiger partial charge on any atom is 0.333 e. The lowest BCUT2D eigenvalue weighted by molar-refractivity contribution is -0.196. The molecular formula is C23H26N4O7. The summed E-state index contributed by atoms with van der Waals surface area (Å²) in [7, 11) is 0. The molecule has 1 aromatic heterocycles. The fourth-order valence-corrected chi connectivity index (χ4v) is 3.27. The van der Waals surface area contributed by atoms with Gasteiger partial charge >= 0.3 is 5.97 Å². The van der Waals surface area contributed by atoms with E-state index in [-0.39, 0.29) is 24.1 Å². The Morgan fingerprint density at radius 3 is 1.97 bits per heavy atom. The van der Waals surface area contributed by atoms with Gasteiger partial charge in [-0.15, -0.1) is 0 Å². The van der Waals surface area contributed by atoms with Crippen molar-refractivity contribution in [1.29, 1.82) is 0 Å². The minimum Gasteiger partial charge on any atom is -0.493 e. The molecule has 4 rings (SSSR count). The minimum absolute atomic E-state index is 0.0458. The summed E-state index contributed by atoms with van der Waals surface area (Å²) >= 11 is 0. The van der Waals surface area contributed by atoms with Crippen molar-refractivity contribution in [1.82, 2.24) is 10.0 Å². The lowest BCUT2D eigenvalue weighted by Gasteiger charge is -2.13. The zero-order valence-electron chi connectivity index (χ0n) is 19.5. The second kappa shape index (κ2) is 8.88. The largest absolute Gasteiger partial charge is 0.493 e. The Bertz CT molecular complexity index is 1050. The third kappa shape index (κ3) is 5.41. The number of aromatic nitrogens is 1. The first-order valence-electron chi connectivity index (χ1n) is 10.9. The van der Waals surface area contributed by atoms with E-state index >= 15 is 0 Å². The number of amides is 2. The van der Waals surface area contributed by atoms with Crippen LogP contribution in [0.2, 0.25) is 0 Å². The summed E-state index contributed by atoms with van der Waals surface area (Å²) in [5, 5.41) is 0.429. The van der Waals surface area contributed by atoms with E-state index in [9.17, 15) is 14.4 Å². The van der Waals surface area contributed by atoms with E-state index in [1.165, 1.54) is 0 Å². The smallest absolute Gasteiger partial charge is 0.333 e. The highest BCUT2D eigenvalue weighted by atomic mass is 16.7. The number of nitrogens with zero attached hydrogens (tertiary/aromatic N) is 4. The normalized spacial score (nSPS) is 20.1. The van der Waals surface area contributed by atoms with Gasteiger partial charge < -0.3 is 19.0 Å². The molecule has 0 fully saturated rings. The number of rotatable bonds is 8. The number of hydrogen-bond acceptors (Lipinski definition) is 10. The van der Waals surface area contributed by atoms with Crippen molar-refractivity contribution >= 4 is 29.6 Å². The SMILES string of the molecule is CC1(C)COC(c2cc(OCCCC(=O)ON3C(=O)C=CC3=O)cc(C3=NC(C)(C)CO3)n2)=N1. The maximum absolute atomic E-state index is 12.0. The first-order valence-corrected chi connectivity index (χ1v) is 10.9. The second-order valence-corrected chi connectivity index (χ2v) is 9.33. The van der Waals surface area contributed by atoms with E-state index in [1.54, 1.807) is 12.1 Å².